The second-order valence-electron chi connectivity index (χ2n) is 4.06. The normalized spacial score (nSPS) is 10.7. The third-order valence-corrected chi connectivity index (χ3v) is 2.28. The van der Waals surface area contributed by atoms with Crippen LogP contribution >= 0.6 is 11.6 Å². The first-order chi connectivity index (χ1) is 8.54. The van der Waals surface area contributed by atoms with Gasteiger partial charge in [-0.3, -0.25) is 0 Å². The van der Waals surface area contributed by atoms with Crippen molar-refractivity contribution in [2.45, 2.75) is 19.9 Å². The van der Waals surface area contributed by atoms with Gasteiger partial charge in [0.2, 0.25) is 11.2 Å². The molecule has 0 radical (unpaired) electrons. The van der Waals surface area contributed by atoms with Gasteiger partial charge in [0.15, 0.2) is 5.82 Å². The fourth-order valence-corrected chi connectivity index (χ4v) is 1.59. The highest BCUT2D eigenvalue weighted by molar-refractivity contribution is 6.28. The minimum absolute atomic E-state index is 0.0763. The Morgan fingerprint density at radius 2 is 2.00 bits per heavy atom. The van der Waals surface area contributed by atoms with E-state index in [9.17, 15) is 4.39 Å². The summed E-state index contributed by atoms with van der Waals surface area (Å²) in [6, 6.07) is 6.19. The van der Waals surface area contributed by atoms with Crippen LogP contribution in [0.1, 0.15) is 13.8 Å². The SMILES string of the molecule is CC(C)Nc1nc(Cl)nc(-c2cccc(F)c2)n1. The van der Waals surface area contributed by atoms with Crippen LogP contribution in [-0.4, -0.2) is 21.0 Å². The van der Waals surface area contributed by atoms with Crippen molar-refractivity contribution in [3.63, 3.8) is 0 Å². The van der Waals surface area contributed by atoms with E-state index in [1.165, 1.54) is 12.1 Å². The first-order valence-electron chi connectivity index (χ1n) is 5.48. The van der Waals surface area contributed by atoms with Gasteiger partial charge in [-0.1, -0.05) is 12.1 Å². The topological polar surface area (TPSA) is 50.7 Å². The van der Waals surface area contributed by atoms with Crippen LogP contribution in [0.15, 0.2) is 24.3 Å². The van der Waals surface area contributed by atoms with Crippen LogP contribution in [0.5, 0.6) is 0 Å². The summed E-state index contributed by atoms with van der Waals surface area (Å²) in [5.74, 6) is 0.379. The Labute approximate surface area is 109 Å². The number of benzene rings is 1. The lowest BCUT2D eigenvalue weighted by Gasteiger charge is -2.09. The van der Waals surface area contributed by atoms with Gasteiger partial charge in [0.05, 0.1) is 0 Å². The highest BCUT2D eigenvalue weighted by Crippen LogP contribution is 2.19. The maximum Gasteiger partial charge on any atom is 0.227 e. The molecule has 0 amide bonds. The summed E-state index contributed by atoms with van der Waals surface area (Å²) < 4.78 is 13.1. The Hall–Kier alpha value is -1.75. The number of anilines is 1. The standard InChI is InChI=1S/C12H12ClFN4/c1-7(2)15-12-17-10(16-11(13)18-12)8-4-3-5-9(14)6-8/h3-7H,1-2H3,(H,15,16,17,18). The molecule has 0 saturated heterocycles. The van der Waals surface area contributed by atoms with Gasteiger partial charge >= 0.3 is 0 Å². The quantitative estimate of drug-likeness (QED) is 0.927. The smallest absolute Gasteiger partial charge is 0.227 e. The lowest BCUT2D eigenvalue weighted by Crippen LogP contribution is -2.13. The molecular weight excluding hydrogens is 255 g/mol. The molecule has 1 aromatic heterocycles. The molecule has 0 aliphatic heterocycles. The van der Waals surface area contributed by atoms with Crippen molar-refractivity contribution in [1.29, 1.82) is 0 Å². The van der Waals surface area contributed by atoms with E-state index in [4.69, 9.17) is 11.6 Å². The van der Waals surface area contributed by atoms with E-state index in [0.717, 1.165) is 0 Å². The second-order valence-corrected chi connectivity index (χ2v) is 4.40. The van der Waals surface area contributed by atoms with Crippen molar-refractivity contribution in [1.82, 2.24) is 15.0 Å². The zero-order chi connectivity index (χ0) is 13.1. The van der Waals surface area contributed by atoms with Gasteiger partial charge in [-0.05, 0) is 37.6 Å². The molecule has 0 saturated carbocycles. The van der Waals surface area contributed by atoms with E-state index in [1.54, 1.807) is 12.1 Å². The van der Waals surface area contributed by atoms with E-state index in [0.29, 0.717) is 17.3 Å². The van der Waals surface area contributed by atoms with Gasteiger partial charge in [-0.2, -0.15) is 15.0 Å². The largest absolute Gasteiger partial charge is 0.352 e. The monoisotopic (exact) mass is 266 g/mol. The number of hydrogen-bond donors (Lipinski definition) is 1. The Morgan fingerprint density at radius 3 is 2.67 bits per heavy atom. The van der Waals surface area contributed by atoms with Crippen molar-refractivity contribution in [2.24, 2.45) is 0 Å². The Balaban J connectivity index is 2.41. The zero-order valence-electron chi connectivity index (χ0n) is 9.98. The third-order valence-electron chi connectivity index (χ3n) is 2.11. The van der Waals surface area contributed by atoms with Crippen LogP contribution in [0, 0.1) is 5.82 Å². The summed E-state index contributed by atoms with van der Waals surface area (Å²) in [5.41, 5.74) is 0.561. The van der Waals surface area contributed by atoms with E-state index in [1.807, 2.05) is 13.8 Å². The summed E-state index contributed by atoms with van der Waals surface area (Å²) in [6.45, 7) is 3.92. The number of hydrogen-bond acceptors (Lipinski definition) is 4. The summed E-state index contributed by atoms with van der Waals surface area (Å²) in [4.78, 5) is 12.1. The summed E-state index contributed by atoms with van der Waals surface area (Å²) in [7, 11) is 0. The van der Waals surface area contributed by atoms with Gasteiger partial charge < -0.3 is 5.32 Å². The molecule has 94 valence electrons. The lowest BCUT2D eigenvalue weighted by molar-refractivity contribution is 0.628. The summed E-state index contributed by atoms with van der Waals surface area (Å²) in [5, 5.41) is 3.11. The number of halogens is 2. The maximum absolute atomic E-state index is 13.1. The van der Waals surface area contributed by atoms with Crippen molar-refractivity contribution < 1.29 is 4.39 Å². The number of nitrogens with one attached hydrogen (secondary N) is 1. The van der Waals surface area contributed by atoms with E-state index < -0.39 is 0 Å². The van der Waals surface area contributed by atoms with Crippen LogP contribution in [0.4, 0.5) is 10.3 Å². The number of rotatable bonds is 3. The molecule has 4 nitrogen and oxygen atoms in total. The number of aromatic nitrogens is 3. The fourth-order valence-electron chi connectivity index (χ4n) is 1.43. The average molecular weight is 267 g/mol. The third kappa shape index (κ3) is 3.13. The van der Waals surface area contributed by atoms with Gasteiger partial charge in [-0.15, -0.1) is 0 Å². The molecule has 2 aromatic rings. The fraction of sp³-hybridized carbons (Fsp3) is 0.250. The van der Waals surface area contributed by atoms with Crippen molar-refractivity contribution in [3.05, 3.63) is 35.4 Å². The molecule has 1 heterocycles. The Bertz CT molecular complexity index is 560. The lowest BCUT2D eigenvalue weighted by atomic mass is 10.2. The highest BCUT2D eigenvalue weighted by atomic mass is 35.5. The highest BCUT2D eigenvalue weighted by Gasteiger charge is 2.08. The predicted octanol–water partition coefficient (Wildman–Crippen LogP) is 3.15. The van der Waals surface area contributed by atoms with Crippen molar-refractivity contribution in [2.75, 3.05) is 5.32 Å². The first-order valence-corrected chi connectivity index (χ1v) is 5.86. The van der Waals surface area contributed by atoms with Gasteiger partial charge in [0.1, 0.15) is 5.82 Å². The molecule has 1 aromatic carbocycles. The molecule has 0 atom stereocenters. The van der Waals surface area contributed by atoms with Crippen molar-refractivity contribution >= 4 is 17.5 Å². The van der Waals surface area contributed by atoms with Crippen LogP contribution in [0.3, 0.4) is 0 Å². The van der Waals surface area contributed by atoms with Crippen LogP contribution in [0.25, 0.3) is 11.4 Å². The average Bonchev–Trinajstić information content (AvgIpc) is 2.27. The van der Waals surface area contributed by atoms with E-state index >= 15 is 0 Å². The minimum atomic E-state index is -0.345. The van der Waals surface area contributed by atoms with Crippen LogP contribution in [0.2, 0.25) is 5.28 Å². The van der Waals surface area contributed by atoms with Gasteiger partial charge in [0, 0.05) is 11.6 Å². The second kappa shape index (κ2) is 5.27. The van der Waals surface area contributed by atoms with Crippen LogP contribution < -0.4 is 5.32 Å². The number of nitrogens with zero attached hydrogens (tertiary/aromatic N) is 3. The molecule has 6 heteroatoms. The molecule has 0 bridgehead atoms. The van der Waals surface area contributed by atoms with Gasteiger partial charge in [-0.25, -0.2) is 4.39 Å². The van der Waals surface area contributed by atoms with E-state index in [2.05, 4.69) is 20.3 Å². The van der Waals surface area contributed by atoms with Gasteiger partial charge in [0.25, 0.3) is 0 Å². The molecule has 1 N–H and O–H groups in total. The molecule has 18 heavy (non-hydrogen) atoms. The van der Waals surface area contributed by atoms with E-state index in [-0.39, 0.29) is 17.1 Å². The first kappa shape index (κ1) is 12.7. The van der Waals surface area contributed by atoms with Crippen molar-refractivity contribution in [3.8, 4) is 11.4 Å². The predicted molar refractivity (Wildman–Crippen MR) is 69.0 cm³/mol. The Morgan fingerprint density at radius 1 is 1.22 bits per heavy atom. The van der Waals surface area contributed by atoms with Crippen LogP contribution in [-0.2, 0) is 0 Å². The summed E-state index contributed by atoms with van der Waals surface area (Å²) in [6.07, 6.45) is 0. The molecule has 2 rings (SSSR count). The molecule has 0 aliphatic rings. The molecule has 0 spiro atoms. The molecule has 0 aliphatic carbocycles. The molecular formula is C12H12ClFN4. The molecule has 0 fully saturated rings. The summed E-state index contributed by atoms with van der Waals surface area (Å²) >= 11 is 5.83. The zero-order valence-corrected chi connectivity index (χ0v) is 10.7. The minimum Gasteiger partial charge on any atom is -0.352 e. The maximum atomic E-state index is 13.1. The Kier molecular flexibility index (Phi) is 3.72. The molecule has 0 unspecified atom stereocenters.